The molecule has 0 radical (unpaired) electrons. The van der Waals surface area contributed by atoms with Gasteiger partial charge in [-0.3, -0.25) is 4.79 Å². The van der Waals surface area contributed by atoms with E-state index in [1.165, 1.54) is 6.07 Å². The van der Waals surface area contributed by atoms with Crippen LogP contribution in [-0.4, -0.2) is 131 Å². The molecule has 3 aromatic rings. The van der Waals surface area contributed by atoms with Crippen molar-refractivity contribution >= 4 is 11.0 Å². The van der Waals surface area contributed by atoms with Crippen molar-refractivity contribution in [3.63, 3.8) is 0 Å². The summed E-state index contributed by atoms with van der Waals surface area (Å²) < 4.78 is 27.6. The zero-order valence-electron chi connectivity index (χ0n) is 22.4. The lowest BCUT2D eigenvalue weighted by Crippen LogP contribution is -2.62. The number of phenols is 4. The number of phenolic OH excluding ortho intramolecular Hbond substituents is 4. The van der Waals surface area contributed by atoms with Crippen LogP contribution < -0.4 is 10.2 Å². The normalized spacial score (nSPS) is 32.5. The van der Waals surface area contributed by atoms with Crippen molar-refractivity contribution in [3.8, 4) is 40.1 Å². The molecule has 0 saturated carbocycles. The van der Waals surface area contributed by atoms with Gasteiger partial charge in [-0.15, -0.1) is 0 Å². The summed E-state index contributed by atoms with van der Waals surface area (Å²) in [6, 6.07) is 5.17. The summed E-state index contributed by atoms with van der Waals surface area (Å²) in [5.41, 5.74) is -1.41. The quantitative estimate of drug-likeness (QED) is 0.119. The predicted molar refractivity (Wildman–Crippen MR) is 142 cm³/mol. The van der Waals surface area contributed by atoms with Crippen LogP contribution in [0, 0.1) is 0 Å². The Balaban J connectivity index is 1.47. The first kappa shape index (κ1) is 31.7. The summed E-state index contributed by atoms with van der Waals surface area (Å²) in [6.07, 6.45) is -17.4. The molecule has 240 valence electrons. The highest BCUT2D eigenvalue weighted by molar-refractivity contribution is 5.88. The van der Waals surface area contributed by atoms with E-state index in [1.807, 2.05) is 0 Å². The molecule has 2 fully saturated rings. The van der Waals surface area contributed by atoms with Crippen molar-refractivity contribution in [2.75, 3.05) is 13.2 Å². The van der Waals surface area contributed by atoms with Gasteiger partial charge in [-0.25, -0.2) is 0 Å². The summed E-state index contributed by atoms with van der Waals surface area (Å²) in [5.74, 6) is -3.44. The van der Waals surface area contributed by atoms with Crippen molar-refractivity contribution in [2.24, 2.45) is 0 Å². The lowest BCUT2D eigenvalue weighted by molar-refractivity contribution is -0.323. The van der Waals surface area contributed by atoms with Crippen LogP contribution in [0.15, 0.2) is 39.5 Å². The minimum Gasteiger partial charge on any atom is -0.508 e. The first-order valence-corrected chi connectivity index (χ1v) is 13.2. The molecule has 5 rings (SSSR count). The van der Waals surface area contributed by atoms with Crippen LogP contribution in [0.5, 0.6) is 28.7 Å². The summed E-state index contributed by atoms with van der Waals surface area (Å²) in [7, 11) is 0. The third-order valence-electron chi connectivity index (χ3n) is 7.33. The molecule has 1 aromatic heterocycles. The second kappa shape index (κ2) is 12.3. The average Bonchev–Trinajstić information content (AvgIpc) is 2.98. The van der Waals surface area contributed by atoms with Crippen LogP contribution >= 0.6 is 0 Å². The third-order valence-corrected chi connectivity index (χ3v) is 7.33. The summed E-state index contributed by atoms with van der Waals surface area (Å²) in [6.45, 7) is -1.42. The Hall–Kier alpha value is -3.75. The SMILES string of the molecule is O=c1c(O[C@@H]2O[C@H](CO[C@@H]3O[C@H](CO)[C@@H](O)C(O)[C@H]3O)[C@@H](O)[C@H](O)[C@H]2O)c(-c2ccc(O)c(O)c2)oc2cc(O)cc(O)c12. The molecule has 3 heterocycles. The molecule has 0 amide bonds. The van der Waals surface area contributed by atoms with Crippen molar-refractivity contribution in [2.45, 2.75) is 61.4 Å². The van der Waals surface area contributed by atoms with Gasteiger partial charge in [0, 0.05) is 17.7 Å². The van der Waals surface area contributed by atoms with E-state index >= 15 is 0 Å². The topological polar surface area (TPSA) is 290 Å². The highest BCUT2D eigenvalue weighted by Gasteiger charge is 2.48. The van der Waals surface area contributed by atoms with Gasteiger partial charge in [0.2, 0.25) is 17.5 Å². The lowest BCUT2D eigenvalue weighted by atomic mass is 9.98. The number of fused-ring (bicyclic) bond motifs is 1. The Morgan fingerprint density at radius 1 is 0.705 bits per heavy atom. The molecule has 17 nitrogen and oxygen atoms in total. The first-order valence-electron chi connectivity index (χ1n) is 13.2. The van der Waals surface area contributed by atoms with Crippen LogP contribution in [0.25, 0.3) is 22.3 Å². The molecule has 2 aliphatic rings. The molecule has 2 saturated heterocycles. The van der Waals surface area contributed by atoms with E-state index in [-0.39, 0.29) is 11.1 Å². The largest absolute Gasteiger partial charge is 0.508 e. The fourth-order valence-electron chi connectivity index (χ4n) is 4.89. The van der Waals surface area contributed by atoms with Gasteiger partial charge in [0.25, 0.3) is 0 Å². The second-order valence-corrected chi connectivity index (χ2v) is 10.3. The second-order valence-electron chi connectivity index (χ2n) is 10.3. The molecular weight excluding hydrogens is 596 g/mol. The van der Waals surface area contributed by atoms with E-state index < -0.39 is 120 Å². The van der Waals surface area contributed by atoms with Gasteiger partial charge in [0.05, 0.1) is 13.2 Å². The van der Waals surface area contributed by atoms with Crippen LogP contribution in [0.3, 0.4) is 0 Å². The highest BCUT2D eigenvalue weighted by atomic mass is 16.7. The van der Waals surface area contributed by atoms with Gasteiger partial charge >= 0.3 is 0 Å². The standard InChI is InChI=1S/C27H30O17/c28-6-14-17(33)20(36)22(38)26(42-14)40-7-15-18(34)21(37)23(39)27(43-15)44-25-19(35)16-12(32)4-9(29)5-13(16)41-24(25)8-1-2-10(30)11(31)3-8/h1-5,14-15,17-18,20-23,26-34,36-39H,6-7H2/t14-,15-,17-,18-,20?,21+,22-,23-,26-,27+/m1/s1. The third kappa shape index (κ3) is 5.73. The Labute approximate surface area is 246 Å². The molecular formula is C27H30O17. The first-order chi connectivity index (χ1) is 20.8. The van der Waals surface area contributed by atoms with Gasteiger partial charge in [0.1, 0.15) is 71.3 Å². The maximum atomic E-state index is 13.6. The number of aliphatic hydroxyl groups is 7. The Kier molecular flexibility index (Phi) is 8.87. The molecule has 2 aliphatic heterocycles. The summed E-state index contributed by atoms with van der Waals surface area (Å²) in [5, 5.41) is 111. The summed E-state index contributed by atoms with van der Waals surface area (Å²) >= 11 is 0. The molecule has 0 spiro atoms. The number of hydrogen-bond acceptors (Lipinski definition) is 17. The van der Waals surface area contributed by atoms with E-state index in [0.717, 1.165) is 24.3 Å². The molecule has 11 N–H and O–H groups in total. The van der Waals surface area contributed by atoms with Gasteiger partial charge in [-0.2, -0.15) is 0 Å². The van der Waals surface area contributed by atoms with E-state index in [0.29, 0.717) is 0 Å². The molecule has 44 heavy (non-hydrogen) atoms. The van der Waals surface area contributed by atoms with Gasteiger partial charge < -0.3 is 79.5 Å². The summed E-state index contributed by atoms with van der Waals surface area (Å²) in [4.78, 5) is 13.6. The maximum Gasteiger partial charge on any atom is 0.239 e. The smallest absolute Gasteiger partial charge is 0.239 e. The zero-order valence-corrected chi connectivity index (χ0v) is 22.4. The zero-order chi connectivity index (χ0) is 32.0. The number of rotatable bonds is 7. The van der Waals surface area contributed by atoms with E-state index in [9.17, 15) is 61.0 Å². The Morgan fingerprint density at radius 3 is 2.00 bits per heavy atom. The van der Waals surface area contributed by atoms with Crippen LogP contribution in [0.4, 0.5) is 0 Å². The number of hydrogen-bond donors (Lipinski definition) is 11. The van der Waals surface area contributed by atoms with Crippen LogP contribution in [0.1, 0.15) is 0 Å². The van der Waals surface area contributed by atoms with Crippen molar-refractivity contribution in [1.82, 2.24) is 0 Å². The Morgan fingerprint density at radius 2 is 1.34 bits per heavy atom. The molecule has 0 aliphatic carbocycles. The minimum atomic E-state index is -2.00. The van der Waals surface area contributed by atoms with Crippen LogP contribution in [0.2, 0.25) is 0 Å². The average molecular weight is 627 g/mol. The van der Waals surface area contributed by atoms with Gasteiger partial charge in [-0.05, 0) is 18.2 Å². The van der Waals surface area contributed by atoms with E-state index in [2.05, 4.69) is 0 Å². The maximum absolute atomic E-state index is 13.6. The lowest BCUT2D eigenvalue weighted by Gasteiger charge is -2.42. The molecule has 0 bridgehead atoms. The highest BCUT2D eigenvalue weighted by Crippen LogP contribution is 2.39. The molecule has 10 atom stereocenters. The predicted octanol–water partition coefficient (Wildman–Crippen LogP) is -2.71. The number of ether oxygens (including phenoxy) is 4. The molecule has 1 unspecified atom stereocenters. The fourth-order valence-corrected chi connectivity index (χ4v) is 4.89. The van der Waals surface area contributed by atoms with E-state index in [4.69, 9.17) is 23.4 Å². The van der Waals surface area contributed by atoms with Gasteiger partial charge in [-0.1, -0.05) is 0 Å². The van der Waals surface area contributed by atoms with Crippen molar-refractivity contribution in [3.05, 3.63) is 40.6 Å². The fraction of sp³-hybridized carbons (Fsp3) is 0.444. The van der Waals surface area contributed by atoms with Crippen molar-refractivity contribution in [1.29, 1.82) is 0 Å². The number of aliphatic hydroxyl groups excluding tert-OH is 7. The Bertz CT molecular complexity index is 1560. The molecule has 2 aromatic carbocycles. The number of aromatic hydroxyl groups is 4. The minimum absolute atomic E-state index is 0.0504. The van der Waals surface area contributed by atoms with Gasteiger partial charge in [0.15, 0.2) is 23.5 Å². The monoisotopic (exact) mass is 626 g/mol. The molecule has 17 heteroatoms. The van der Waals surface area contributed by atoms with E-state index in [1.54, 1.807) is 0 Å². The number of benzene rings is 2. The van der Waals surface area contributed by atoms with Crippen LogP contribution in [-0.2, 0) is 14.2 Å². The van der Waals surface area contributed by atoms with Crippen molar-refractivity contribution < 1.29 is 79.5 Å².